The molecule has 0 aliphatic carbocycles. The Morgan fingerprint density at radius 2 is 1.71 bits per heavy atom. The highest BCUT2D eigenvalue weighted by atomic mass is 16.5. The van der Waals surface area contributed by atoms with Crippen LogP contribution in [0.4, 0.5) is 0 Å². The molecule has 0 unspecified atom stereocenters. The van der Waals surface area contributed by atoms with E-state index in [1.54, 1.807) is 25.7 Å². The summed E-state index contributed by atoms with van der Waals surface area (Å²) in [6.45, 7) is 4.34. The van der Waals surface area contributed by atoms with Gasteiger partial charge in [-0.2, -0.15) is 0 Å². The summed E-state index contributed by atoms with van der Waals surface area (Å²) in [6, 6.07) is 13.7. The van der Waals surface area contributed by atoms with Gasteiger partial charge < -0.3 is 9.47 Å². The van der Waals surface area contributed by atoms with Crippen LogP contribution in [0.2, 0.25) is 0 Å². The number of pyridine rings is 2. The molecule has 4 heteroatoms. The van der Waals surface area contributed by atoms with E-state index in [0.717, 1.165) is 22.6 Å². The van der Waals surface area contributed by atoms with Crippen LogP contribution in [0.15, 0.2) is 61.1 Å². The third-order valence-electron chi connectivity index (χ3n) is 3.82. The number of hydrogen-bond donors (Lipinski definition) is 0. The van der Waals surface area contributed by atoms with Gasteiger partial charge in [0.2, 0.25) is 5.88 Å². The zero-order chi connectivity index (χ0) is 16.9. The van der Waals surface area contributed by atoms with Gasteiger partial charge in [0.1, 0.15) is 11.5 Å². The van der Waals surface area contributed by atoms with Gasteiger partial charge in [-0.1, -0.05) is 26.0 Å². The molecule has 1 aromatic carbocycles. The van der Waals surface area contributed by atoms with Gasteiger partial charge in [0.25, 0.3) is 0 Å². The van der Waals surface area contributed by atoms with E-state index in [4.69, 9.17) is 9.47 Å². The van der Waals surface area contributed by atoms with Crippen LogP contribution in [0.3, 0.4) is 0 Å². The van der Waals surface area contributed by atoms with Crippen molar-refractivity contribution in [3.63, 3.8) is 0 Å². The first-order valence-electron chi connectivity index (χ1n) is 7.90. The normalized spacial score (nSPS) is 10.7. The van der Waals surface area contributed by atoms with E-state index in [1.165, 1.54) is 5.56 Å². The molecule has 3 aromatic rings. The Hall–Kier alpha value is -2.88. The molecule has 0 aliphatic heterocycles. The molecular weight excluding hydrogens is 300 g/mol. The summed E-state index contributed by atoms with van der Waals surface area (Å²) in [7, 11) is 1.64. The first-order chi connectivity index (χ1) is 11.7. The molecule has 3 rings (SSSR count). The molecule has 0 radical (unpaired) electrons. The Morgan fingerprint density at radius 3 is 2.42 bits per heavy atom. The minimum absolute atomic E-state index is 0.490. The second-order valence-electron chi connectivity index (χ2n) is 5.76. The van der Waals surface area contributed by atoms with E-state index in [9.17, 15) is 0 Å². The Bertz CT molecular complexity index is 814. The Morgan fingerprint density at radius 1 is 0.917 bits per heavy atom. The SMILES string of the molecule is COc1ccncc1-c1cccnc1Oc1ccc(C(C)C)cc1. The summed E-state index contributed by atoms with van der Waals surface area (Å²) in [6.07, 6.45) is 5.17. The zero-order valence-corrected chi connectivity index (χ0v) is 14.1. The zero-order valence-electron chi connectivity index (χ0n) is 14.1. The predicted molar refractivity (Wildman–Crippen MR) is 94.6 cm³/mol. The lowest BCUT2D eigenvalue weighted by atomic mass is 10.0. The van der Waals surface area contributed by atoms with Crippen molar-refractivity contribution < 1.29 is 9.47 Å². The lowest BCUT2D eigenvalue weighted by molar-refractivity contribution is 0.415. The highest BCUT2D eigenvalue weighted by Crippen LogP contribution is 2.36. The molecule has 0 bridgehead atoms. The Kier molecular flexibility index (Phi) is 4.75. The van der Waals surface area contributed by atoms with Gasteiger partial charge in [0, 0.05) is 29.7 Å². The molecule has 0 aliphatic rings. The molecule has 0 spiro atoms. The number of benzene rings is 1. The van der Waals surface area contributed by atoms with Crippen molar-refractivity contribution in [1.29, 1.82) is 0 Å². The fourth-order valence-corrected chi connectivity index (χ4v) is 2.47. The molecule has 24 heavy (non-hydrogen) atoms. The monoisotopic (exact) mass is 320 g/mol. The van der Waals surface area contributed by atoms with E-state index >= 15 is 0 Å². The molecule has 0 saturated heterocycles. The topological polar surface area (TPSA) is 44.2 Å². The first-order valence-corrected chi connectivity index (χ1v) is 7.90. The van der Waals surface area contributed by atoms with Crippen molar-refractivity contribution in [2.75, 3.05) is 7.11 Å². The molecule has 122 valence electrons. The fourth-order valence-electron chi connectivity index (χ4n) is 2.47. The summed E-state index contributed by atoms with van der Waals surface area (Å²) >= 11 is 0. The van der Waals surface area contributed by atoms with Crippen LogP contribution in [-0.2, 0) is 0 Å². The maximum absolute atomic E-state index is 6.00. The average molecular weight is 320 g/mol. The third-order valence-corrected chi connectivity index (χ3v) is 3.82. The smallest absolute Gasteiger partial charge is 0.227 e. The summed E-state index contributed by atoms with van der Waals surface area (Å²) in [4.78, 5) is 8.56. The number of methoxy groups -OCH3 is 1. The number of nitrogens with zero attached hydrogens (tertiary/aromatic N) is 2. The predicted octanol–water partition coefficient (Wildman–Crippen LogP) is 5.07. The Balaban J connectivity index is 1.95. The maximum Gasteiger partial charge on any atom is 0.227 e. The van der Waals surface area contributed by atoms with Crippen LogP contribution in [0.5, 0.6) is 17.4 Å². The van der Waals surface area contributed by atoms with Gasteiger partial charge in [0.05, 0.1) is 7.11 Å². The minimum Gasteiger partial charge on any atom is -0.496 e. The summed E-state index contributed by atoms with van der Waals surface area (Å²) in [5.74, 6) is 2.51. The van der Waals surface area contributed by atoms with Gasteiger partial charge >= 0.3 is 0 Å². The summed E-state index contributed by atoms with van der Waals surface area (Å²) < 4.78 is 11.4. The minimum atomic E-state index is 0.490. The van der Waals surface area contributed by atoms with Crippen molar-refractivity contribution in [3.8, 4) is 28.5 Å². The van der Waals surface area contributed by atoms with Crippen molar-refractivity contribution in [2.45, 2.75) is 19.8 Å². The molecule has 0 atom stereocenters. The second kappa shape index (κ2) is 7.13. The van der Waals surface area contributed by atoms with Gasteiger partial charge in [-0.25, -0.2) is 4.98 Å². The molecule has 0 saturated carbocycles. The van der Waals surface area contributed by atoms with E-state index in [1.807, 2.05) is 30.3 Å². The van der Waals surface area contributed by atoms with Crippen LogP contribution < -0.4 is 9.47 Å². The van der Waals surface area contributed by atoms with Gasteiger partial charge in [0.15, 0.2) is 0 Å². The quantitative estimate of drug-likeness (QED) is 0.658. The van der Waals surface area contributed by atoms with Crippen molar-refractivity contribution in [3.05, 3.63) is 66.6 Å². The molecule has 0 fully saturated rings. The highest BCUT2D eigenvalue weighted by Gasteiger charge is 2.13. The molecule has 0 amide bonds. The lowest BCUT2D eigenvalue weighted by Crippen LogP contribution is -1.95. The molecule has 4 nitrogen and oxygen atoms in total. The average Bonchev–Trinajstić information content (AvgIpc) is 2.62. The highest BCUT2D eigenvalue weighted by molar-refractivity contribution is 5.73. The number of ether oxygens (including phenoxy) is 2. The fraction of sp³-hybridized carbons (Fsp3) is 0.200. The van der Waals surface area contributed by atoms with E-state index in [-0.39, 0.29) is 0 Å². The van der Waals surface area contributed by atoms with Crippen LogP contribution in [0, 0.1) is 0 Å². The van der Waals surface area contributed by atoms with Gasteiger partial charge in [-0.05, 0) is 41.8 Å². The van der Waals surface area contributed by atoms with Crippen molar-refractivity contribution in [1.82, 2.24) is 9.97 Å². The Labute approximate surface area is 142 Å². The second-order valence-corrected chi connectivity index (χ2v) is 5.76. The largest absolute Gasteiger partial charge is 0.496 e. The first kappa shape index (κ1) is 16.0. The van der Waals surface area contributed by atoms with Crippen LogP contribution >= 0.6 is 0 Å². The van der Waals surface area contributed by atoms with Gasteiger partial charge in [-0.15, -0.1) is 0 Å². The summed E-state index contributed by atoms with van der Waals surface area (Å²) in [5.41, 5.74) is 2.97. The van der Waals surface area contributed by atoms with Crippen molar-refractivity contribution in [2.24, 2.45) is 0 Å². The lowest BCUT2D eigenvalue weighted by Gasteiger charge is -2.13. The molecular formula is C20H20N2O2. The number of rotatable bonds is 5. The van der Waals surface area contributed by atoms with Crippen LogP contribution in [0.25, 0.3) is 11.1 Å². The van der Waals surface area contributed by atoms with E-state index < -0.39 is 0 Å². The van der Waals surface area contributed by atoms with Crippen LogP contribution in [0.1, 0.15) is 25.3 Å². The molecule has 2 aromatic heterocycles. The maximum atomic E-state index is 6.00. The standard InChI is InChI=1S/C20H20N2O2/c1-14(2)15-6-8-16(9-7-15)24-20-17(5-4-11-22-20)18-13-21-12-10-19(18)23-3/h4-14H,1-3H3. The number of aromatic nitrogens is 2. The summed E-state index contributed by atoms with van der Waals surface area (Å²) in [5, 5.41) is 0. The van der Waals surface area contributed by atoms with Gasteiger partial charge in [-0.3, -0.25) is 4.98 Å². The third kappa shape index (κ3) is 3.38. The van der Waals surface area contributed by atoms with E-state index in [0.29, 0.717) is 11.8 Å². The van der Waals surface area contributed by atoms with Crippen LogP contribution in [-0.4, -0.2) is 17.1 Å². The number of hydrogen-bond acceptors (Lipinski definition) is 4. The molecule has 0 N–H and O–H groups in total. The van der Waals surface area contributed by atoms with Crippen molar-refractivity contribution >= 4 is 0 Å². The van der Waals surface area contributed by atoms with E-state index in [2.05, 4.69) is 35.9 Å². The molecule has 2 heterocycles.